The molecule has 1 aromatic rings. The molecule has 114 valence electrons. The van der Waals surface area contributed by atoms with Crippen LogP contribution in [0.15, 0.2) is 24.3 Å². The van der Waals surface area contributed by atoms with Crippen LogP contribution in [-0.4, -0.2) is 25.2 Å². The van der Waals surface area contributed by atoms with Crippen LogP contribution in [-0.2, 0) is 4.79 Å². The lowest BCUT2D eigenvalue weighted by Crippen LogP contribution is -2.16. The molecule has 0 fully saturated rings. The molecular weight excluding hydrogens is 297 g/mol. The van der Waals surface area contributed by atoms with Crippen LogP contribution in [0.1, 0.15) is 12.8 Å². The first kappa shape index (κ1) is 18.5. The highest BCUT2D eigenvalue weighted by atomic mass is 35.5. The van der Waals surface area contributed by atoms with Crippen molar-refractivity contribution in [3.63, 3.8) is 0 Å². The highest BCUT2D eigenvalue weighted by Crippen LogP contribution is 2.22. The topological polar surface area (TPSA) is 64.3 Å². The van der Waals surface area contributed by atoms with Crippen molar-refractivity contribution in [2.45, 2.75) is 19.0 Å². The van der Waals surface area contributed by atoms with Gasteiger partial charge in [-0.3, -0.25) is 4.79 Å². The highest BCUT2D eigenvalue weighted by molar-refractivity contribution is 5.90. The molecule has 0 saturated heterocycles. The van der Waals surface area contributed by atoms with Crippen LogP contribution in [0.4, 0.5) is 18.9 Å². The van der Waals surface area contributed by atoms with Crippen molar-refractivity contribution in [2.75, 3.05) is 18.5 Å². The summed E-state index contributed by atoms with van der Waals surface area (Å²) < 4.78 is 41.0. The molecule has 0 spiro atoms. The van der Waals surface area contributed by atoms with E-state index in [4.69, 9.17) is 10.5 Å². The number of nitrogens with two attached hydrogens (primary N) is 1. The summed E-state index contributed by atoms with van der Waals surface area (Å²) in [6.07, 6.45) is -6.04. The largest absolute Gasteiger partial charge is 0.492 e. The molecule has 1 aromatic carbocycles. The van der Waals surface area contributed by atoms with E-state index in [0.29, 0.717) is 24.6 Å². The van der Waals surface area contributed by atoms with E-state index in [0.717, 1.165) is 0 Å². The van der Waals surface area contributed by atoms with E-state index in [1.165, 1.54) is 0 Å². The molecule has 0 aliphatic carbocycles. The predicted molar refractivity (Wildman–Crippen MR) is 72.2 cm³/mol. The Morgan fingerprint density at radius 2 is 1.85 bits per heavy atom. The number of alkyl halides is 3. The third kappa shape index (κ3) is 7.85. The molecule has 3 N–H and O–H groups in total. The van der Waals surface area contributed by atoms with Gasteiger partial charge in [-0.25, -0.2) is 0 Å². The van der Waals surface area contributed by atoms with Crippen molar-refractivity contribution in [2.24, 2.45) is 5.73 Å². The quantitative estimate of drug-likeness (QED) is 0.849. The lowest BCUT2D eigenvalue weighted by atomic mass is 10.2. The van der Waals surface area contributed by atoms with Crippen LogP contribution in [0.25, 0.3) is 0 Å². The number of carbonyl (C=O) groups excluding carboxylic acids is 1. The van der Waals surface area contributed by atoms with Gasteiger partial charge < -0.3 is 15.8 Å². The van der Waals surface area contributed by atoms with Crippen LogP contribution in [0.3, 0.4) is 0 Å². The number of carbonyl (C=O) groups is 1. The monoisotopic (exact) mass is 312 g/mol. The van der Waals surface area contributed by atoms with E-state index >= 15 is 0 Å². The average Bonchev–Trinajstić information content (AvgIpc) is 2.35. The standard InChI is InChI=1S/C12H15F3N2O2.ClH/c13-12(14,15)6-5-11(18)17-9-1-3-10(4-2-9)19-8-7-16;/h1-4H,5-8,16H2,(H,17,18);1H. The predicted octanol–water partition coefficient (Wildman–Crippen LogP) is 2.73. The molecule has 1 rings (SSSR count). The summed E-state index contributed by atoms with van der Waals surface area (Å²) >= 11 is 0. The molecule has 0 unspecified atom stereocenters. The van der Waals surface area contributed by atoms with Crippen molar-refractivity contribution in [1.29, 1.82) is 0 Å². The molecule has 8 heteroatoms. The molecule has 0 aliphatic rings. The first-order chi connectivity index (χ1) is 8.90. The van der Waals surface area contributed by atoms with Gasteiger partial charge >= 0.3 is 6.18 Å². The molecule has 20 heavy (non-hydrogen) atoms. The van der Waals surface area contributed by atoms with Gasteiger partial charge in [0.2, 0.25) is 5.91 Å². The van der Waals surface area contributed by atoms with Gasteiger partial charge in [0, 0.05) is 18.7 Å². The van der Waals surface area contributed by atoms with Crippen LogP contribution >= 0.6 is 12.4 Å². The molecule has 4 nitrogen and oxygen atoms in total. The summed E-state index contributed by atoms with van der Waals surface area (Å²) in [5.74, 6) is -0.0910. The summed E-state index contributed by atoms with van der Waals surface area (Å²) in [6.45, 7) is 0.757. The Bertz CT molecular complexity index is 410. The molecule has 0 radical (unpaired) electrons. The minimum atomic E-state index is -4.32. The van der Waals surface area contributed by atoms with Gasteiger partial charge in [-0.15, -0.1) is 12.4 Å². The minimum absolute atomic E-state index is 0. The van der Waals surface area contributed by atoms with Gasteiger partial charge in [0.1, 0.15) is 12.4 Å². The highest BCUT2D eigenvalue weighted by Gasteiger charge is 2.27. The number of rotatable bonds is 6. The van der Waals surface area contributed by atoms with E-state index in [1.54, 1.807) is 24.3 Å². The van der Waals surface area contributed by atoms with Crippen LogP contribution in [0.5, 0.6) is 5.75 Å². The molecule has 0 bridgehead atoms. The molecule has 0 saturated carbocycles. The van der Waals surface area contributed by atoms with Crippen molar-refractivity contribution in [3.05, 3.63) is 24.3 Å². The second kappa shape index (κ2) is 8.65. The zero-order valence-corrected chi connectivity index (χ0v) is 11.4. The SMILES string of the molecule is Cl.NCCOc1ccc(NC(=O)CCC(F)(F)F)cc1. The number of ether oxygens (including phenoxy) is 1. The van der Waals surface area contributed by atoms with Crippen LogP contribution < -0.4 is 15.8 Å². The number of hydrogen-bond donors (Lipinski definition) is 2. The minimum Gasteiger partial charge on any atom is -0.492 e. The zero-order chi connectivity index (χ0) is 14.3. The Labute approximate surface area is 120 Å². The number of benzene rings is 1. The van der Waals surface area contributed by atoms with E-state index < -0.39 is 24.9 Å². The fourth-order valence-electron chi connectivity index (χ4n) is 1.29. The maximum absolute atomic E-state index is 11.9. The number of anilines is 1. The molecule has 1 amide bonds. The first-order valence-electron chi connectivity index (χ1n) is 5.70. The van der Waals surface area contributed by atoms with Crippen molar-refractivity contribution >= 4 is 24.0 Å². The third-order valence-electron chi connectivity index (χ3n) is 2.16. The smallest absolute Gasteiger partial charge is 0.389 e. The third-order valence-corrected chi connectivity index (χ3v) is 2.16. The fraction of sp³-hybridized carbons (Fsp3) is 0.417. The molecule has 0 aromatic heterocycles. The van der Waals surface area contributed by atoms with E-state index in [-0.39, 0.29) is 12.4 Å². The van der Waals surface area contributed by atoms with Gasteiger partial charge in [0.05, 0.1) is 6.42 Å². The van der Waals surface area contributed by atoms with Gasteiger partial charge in [0.15, 0.2) is 0 Å². The Morgan fingerprint density at radius 1 is 1.25 bits per heavy atom. The Morgan fingerprint density at radius 3 is 2.35 bits per heavy atom. The maximum atomic E-state index is 11.9. The number of nitrogens with one attached hydrogen (secondary N) is 1. The van der Waals surface area contributed by atoms with Gasteiger partial charge in [0.25, 0.3) is 0 Å². The van der Waals surface area contributed by atoms with Crippen molar-refractivity contribution in [3.8, 4) is 5.75 Å². The van der Waals surface area contributed by atoms with Gasteiger partial charge in [-0.05, 0) is 24.3 Å². The van der Waals surface area contributed by atoms with E-state index in [9.17, 15) is 18.0 Å². The Balaban J connectivity index is 0.00000361. The fourth-order valence-corrected chi connectivity index (χ4v) is 1.29. The zero-order valence-electron chi connectivity index (χ0n) is 10.6. The number of hydrogen-bond acceptors (Lipinski definition) is 3. The summed E-state index contributed by atoms with van der Waals surface area (Å²) in [7, 11) is 0. The number of amides is 1. The summed E-state index contributed by atoms with van der Waals surface area (Å²) in [6, 6.07) is 6.32. The molecule has 0 heterocycles. The van der Waals surface area contributed by atoms with E-state index in [2.05, 4.69) is 5.32 Å². The normalized spacial score (nSPS) is 10.6. The maximum Gasteiger partial charge on any atom is 0.389 e. The first-order valence-corrected chi connectivity index (χ1v) is 5.70. The Kier molecular flexibility index (Phi) is 8.02. The molecular formula is C12H16ClF3N2O2. The number of halogens is 4. The van der Waals surface area contributed by atoms with Crippen molar-refractivity contribution < 1.29 is 22.7 Å². The van der Waals surface area contributed by atoms with Crippen LogP contribution in [0.2, 0.25) is 0 Å². The summed E-state index contributed by atoms with van der Waals surface area (Å²) in [4.78, 5) is 11.3. The van der Waals surface area contributed by atoms with Gasteiger partial charge in [-0.2, -0.15) is 13.2 Å². The van der Waals surface area contributed by atoms with E-state index in [1.807, 2.05) is 0 Å². The summed E-state index contributed by atoms with van der Waals surface area (Å²) in [5, 5.41) is 2.38. The average molecular weight is 313 g/mol. The van der Waals surface area contributed by atoms with Crippen LogP contribution in [0, 0.1) is 0 Å². The molecule has 0 atom stereocenters. The molecule has 0 aliphatic heterocycles. The van der Waals surface area contributed by atoms with Crippen molar-refractivity contribution in [1.82, 2.24) is 0 Å². The van der Waals surface area contributed by atoms with Gasteiger partial charge in [-0.1, -0.05) is 0 Å². The second-order valence-corrected chi connectivity index (χ2v) is 3.82. The lowest BCUT2D eigenvalue weighted by Gasteiger charge is -2.08. The Hall–Kier alpha value is -1.47. The second-order valence-electron chi connectivity index (χ2n) is 3.82. The summed E-state index contributed by atoms with van der Waals surface area (Å²) in [5.41, 5.74) is 5.69. The lowest BCUT2D eigenvalue weighted by molar-refractivity contribution is -0.142.